The molecule has 0 saturated heterocycles. The summed E-state index contributed by atoms with van der Waals surface area (Å²) in [6.07, 6.45) is 0.0747. The van der Waals surface area contributed by atoms with Gasteiger partial charge in [0.1, 0.15) is 19.0 Å². The van der Waals surface area contributed by atoms with Gasteiger partial charge in [-0.15, -0.1) is 0 Å². The predicted molar refractivity (Wildman–Crippen MR) is 58.0 cm³/mol. The number of benzene rings is 1. The molecule has 3 heteroatoms. The summed E-state index contributed by atoms with van der Waals surface area (Å²) in [4.78, 5) is 11.3. The van der Waals surface area contributed by atoms with E-state index in [-0.39, 0.29) is 25.1 Å². The lowest BCUT2D eigenvalue weighted by atomic mass is 10.3. The van der Waals surface area contributed by atoms with E-state index >= 15 is 0 Å². The molecule has 0 aliphatic heterocycles. The maximum Gasteiger partial charge on any atom is 0.195 e. The molecule has 82 valence electrons. The first-order valence-corrected chi connectivity index (χ1v) is 4.99. The molecule has 0 atom stereocenters. The van der Waals surface area contributed by atoms with Crippen molar-refractivity contribution in [2.45, 2.75) is 20.0 Å². The molecule has 0 spiro atoms. The van der Waals surface area contributed by atoms with Gasteiger partial charge in [-0.3, -0.25) is 4.79 Å². The standard InChI is InChI=1S/C12H16O3/c1-10(2)14-8-11(13)9-15-12-6-4-3-5-7-12/h3-7,10H,8-9H2,1-2H3. The van der Waals surface area contributed by atoms with E-state index in [4.69, 9.17) is 9.47 Å². The highest BCUT2D eigenvalue weighted by Gasteiger charge is 2.04. The van der Waals surface area contributed by atoms with Gasteiger partial charge in [-0.1, -0.05) is 18.2 Å². The highest BCUT2D eigenvalue weighted by molar-refractivity contribution is 5.81. The summed E-state index contributed by atoms with van der Waals surface area (Å²) in [6.45, 7) is 3.97. The van der Waals surface area contributed by atoms with Crippen LogP contribution in [0.5, 0.6) is 5.75 Å². The second-order valence-corrected chi connectivity index (χ2v) is 3.50. The number of carbonyl (C=O) groups excluding carboxylic acids is 1. The van der Waals surface area contributed by atoms with Gasteiger partial charge in [-0.2, -0.15) is 0 Å². The molecule has 15 heavy (non-hydrogen) atoms. The molecule has 0 radical (unpaired) electrons. The third kappa shape index (κ3) is 5.18. The Bertz CT molecular complexity index is 293. The van der Waals surface area contributed by atoms with Gasteiger partial charge in [0.25, 0.3) is 0 Å². The number of carbonyl (C=O) groups is 1. The summed E-state index contributed by atoms with van der Waals surface area (Å²) in [5, 5.41) is 0. The van der Waals surface area contributed by atoms with Gasteiger partial charge in [-0.25, -0.2) is 0 Å². The molecular formula is C12H16O3. The summed E-state index contributed by atoms with van der Waals surface area (Å²) in [5.74, 6) is 0.656. The quantitative estimate of drug-likeness (QED) is 0.717. The van der Waals surface area contributed by atoms with Crippen LogP contribution < -0.4 is 4.74 Å². The van der Waals surface area contributed by atoms with Crippen LogP contribution in [0.4, 0.5) is 0 Å². The van der Waals surface area contributed by atoms with Crippen molar-refractivity contribution in [2.24, 2.45) is 0 Å². The fourth-order valence-electron chi connectivity index (χ4n) is 0.982. The Morgan fingerprint density at radius 1 is 1.20 bits per heavy atom. The van der Waals surface area contributed by atoms with Crippen LogP contribution in [-0.4, -0.2) is 25.1 Å². The fourth-order valence-corrected chi connectivity index (χ4v) is 0.982. The van der Waals surface area contributed by atoms with Gasteiger partial charge in [0.05, 0.1) is 6.10 Å². The van der Waals surface area contributed by atoms with E-state index in [1.807, 2.05) is 44.2 Å². The summed E-state index contributed by atoms with van der Waals surface area (Å²) in [5.41, 5.74) is 0. The van der Waals surface area contributed by atoms with Gasteiger partial charge >= 0.3 is 0 Å². The first-order valence-electron chi connectivity index (χ1n) is 4.99. The molecule has 1 rings (SSSR count). The highest BCUT2D eigenvalue weighted by atomic mass is 16.5. The third-order valence-electron chi connectivity index (χ3n) is 1.72. The van der Waals surface area contributed by atoms with Gasteiger partial charge in [0.15, 0.2) is 5.78 Å². The van der Waals surface area contributed by atoms with E-state index in [1.165, 1.54) is 0 Å². The van der Waals surface area contributed by atoms with Crippen molar-refractivity contribution < 1.29 is 14.3 Å². The minimum absolute atomic E-state index is 0.0486. The van der Waals surface area contributed by atoms with Crippen molar-refractivity contribution in [2.75, 3.05) is 13.2 Å². The highest BCUT2D eigenvalue weighted by Crippen LogP contribution is 2.07. The van der Waals surface area contributed by atoms with E-state index < -0.39 is 0 Å². The Labute approximate surface area is 90.0 Å². The zero-order valence-corrected chi connectivity index (χ0v) is 9.10. The van der Waals surface area contributed by atoms with Crippen LogP contribution in [0.2, 0.25) is 0 Å². The Morgan fingerprint density at radius 3 is 2.47 bits per heavy atom. The molecule has 1 aromatic rings. The second kappa shape index (κ2) is 6.19. The van der Waals surface area contributed by atoms with E-state index in [1.54, 1.807) is 0 Å². The van der Waals surface area contributed by atoms with Gasteiger partial charge in [-0.05, 0) is 26.0 Å². The van der Waals surface area contributed by atoms with Gasteiger partial charge in [0, 0.05) is 0 Å². The minimum atomic E-state index is -0.0486. The van der Waals surface area contributed by atoms with Crippen LogP contribution in [0.25, 0.3) is 0 Å². The first kappa shape index (κ1) is 11.7. The molecule has 0 aliphatic rings. The molecule has 0 fully saturated rings. The normalized spacial score (nSPS) is 10.3. The molecule has 0 unspecified atom stereocenters. The van der Waals surface area contributed by atoms with Gasteiger partial charge in [0.2, 0.25) is 0 Å². The monoisotopic (exact) mass is 208 g/mol. The maximum absolute atomic E-state index is 11.3. The molecule has 1 aromatic carbocycles. The van der Waals surface area contributed by atoms with Gasteiger partial charge < -0.3 is 9.47 Å². The van der Waals surface area contributed by atoms with Crippen LogP contribution in [0.3, 0.4) is 0 Å². The van der Waals surface area contributed by atoms with Crippen molar-refractivity contribution in [3.05, 3.63) is 30.3 Å². The predicted octanol–water partition coefficient (Wildman–Crippen LogP) is 2.06. The van der Waals surface area contributed by atoms with Crippen molar-refractivity contribution in [1.82, 2.24) is 0 Å². The third-order valence-corrected chi connectivity index (χ3v) is 1.72. The molecule has 0 aromatic heterocycles. The Hall–Kier alpha value is -1.35. The molecule has 0 bridgehead atoms. The number of ketones is 1. The van der Waals surface area contributed by atoms with Crippen LogP contribution >= 0.6 is 0 Å². The molecule has 0 heterocycles. The van der Waals surface area contributed by atoms with E-state index in [0.717, 1.165) is 0 Å². The maximum atomic E-state index is 11.3. The van der Waals surface area contributed by atoms with Crippen LogP contribution in [0.15, 0.2) is 30.3 Å². The zero-order valence-electron chi connectivity index (χ0n) is 9.10. The Morgan fingerprint density at radius 2 is 1.87 bits per heavy atom. The summed E-state index contributed by atoms with van der Waals surface area (Å²) < 4.78 is 10.4. The SMILES string of the molecule is CC(C)OCC(=O)COc1ccccc1. The minimum Gasteiger partial charge on any atom is -0.486 e. The Kier molecular flexibility index (Phi) is 4.84. The average Bonchev–Trinajstić information content (AvgIpc) is 2.25. The largest absolute Gasteiger partial charge is 0.486 e. The van der Waals surface area contributed by atoms with Crippen LogP contribution in [-0.2, 0) is 9.53 Å². The molecule has 0 amide bonds. The van der Waals surface area contributed by atoms with E-state index in [2.05, 4.69) is 0 Å². The van der Waals surface area contributed by atoms with Crippen molar-refractivity contribution in [1.29, 1.82) is 0 Å². The fraction of sp³-hybridized carbons (Fsp3) is 0.417. The summed E-state index contributed by atoms with van der Waals surface area (Å²) in [6, 6.07) is 9.26. The lowest BCUT2D eigenvalue weighted by Gasteiger charge is -2.07. The number of hydrogen-bond acceptors (Lipinski definition) is 3. The molecule has 3 nitrogen and oxygen atoms in total. The lowest BCUT2D eigenvalue weighted by Crippen LogP contribution is -2.19. The van der Waals surface area contributed by atoms with Crippen LogP contribution in [0, 0.1) is 0 Å². The first-order chi connectivity index (χ1) is 7.18. The van der Waals surface area contributed by atoms with Crippen molar-refractivity contribution in [3.63, 3.8) is 0 Å². The Balaban J connectivity index is 2.23. The van der Waals surface area contributed by atoms with E-state index in [9.17, 15) is 4.79 Å². The topological polar surface area (TPSA) is 35.5 Å². The molecule has 0 saturated carbocycles. The average molecular weight is 208 g/mol. The smallest absolute Gasteiger partial charge is 0.195 e. The molecule has 0 aliphatic carbocycles. The molecule has 0 N–H and O–H groups in total. The number of hydrogen-bond donors (Lipinski definition) is 0. The van der Waals surface area contributed by atoms with E-state index in [0.29, 0.717) is 5.75 Å². The number of rotatable bonds is 6. The van der Waals surface area contributed by atoms with Crippen molar-refractivity contribution >= 4 is 5.78 Å². The lowest BCUT2D eigenvalue weighted by molar-refractivity contribution is -0.126. The number of Topliss-reactive ketones (excluding diaryl/α,β-unsaturated/α-hetero) is 1. The summed E-state index contributed by atoms with van der Waals surface area (Å²) >= 11 is 0. The number of para-hydroxylation sites is 1. The van der Waals surface area contributed by atoms with Crippen LogP contribution in [0.1, 0.15) is 13.8 Å². The molecular weight excluding hydrogens is 192 g/mol. The summed E-state index contributed by atoms with van der Waals surface area (Å²) in [7, 11) is 0. The van der Waals surface area contributed by atoms with Crippen molar-refractivity contribution in [3.8, 4) is 5.75 Å². The zero-order chi connectivity index (χ0) is 11.1. The number of ether oxygens (including phenoxy) is 2. The second-order valence-electron chi connectivity index (χ2n) is 3.50.